The Kier molecular flexibility index (Phi) is 5.23. The molecule has 1 heterocycles. The topological polar surface area (TPSA) is 32.8 Å². The molecule has 2 rings (SSSR count). The fraction of sp³-hybridized carbons (Fsp3) is 0.588. The summed E-state index contributed by atoms with van der Waals surface area (Å²) in [6.45, 7) is 9.02. The first kappa shape index (κ1) is 15.8. The normalized spacial score (nSPS) is 14.9. The Hall–Kier alpha value is -1.55. The molecule has 0 aliphatic carbocycles. The Labute approximate surface area is 127 Å². The summed E-state index contributed by atoms with van der Waals surface area (Å²) >= 11 is 0. The molecule has 4 heteroatoms. The van der Waals surface area contributed by atoms with E-state index in [0.29, 0.717) is 13.2 Å². The summed E-state index contributed by atoms with van der Waals surface area (Å²) in [5.41, 5.74) is 2.66. The van der Waals surface area contributed by atoms with Gasteiger partial charge in [0.25, 0.3) is 0 Å². The van der Waals surface area contributed by atoms with Crippen molar-refractivity contribution in [1.29, 1.82) is 0 Å². The second-order valence-electron chi connectivity index (χ2n) is 5.92. The number of hydrogen-bond donors (Lipinski definition) is 0. The quantitative estimate of drug-likeness (QED) is 0.834. The highest BCUT2D eigenvalue weighted by Gasteiger charge is 2.21. The number of amides is 1. The lowest BCUT2D eigenvalue weighted by Crippen LogP contribution is -2.43. The van der Waals surface area contributed by atoms with E-state index in [-0.39, 0.29) is 11.9 Å². The molecule has 0 N–H and O–H groups in total. The Morgan fingerprint density at radius 3 is 2.81 bits per heavy atom. The summed E-state index contributed by atoms with van der Waals surface area (Å²) < 4.78 is 5.56. The minimum atomic E-state index is 0.189. The van der Waals surface area contributed by atoms with Crippen molar-refractivity contribution < 1.29 is 9.53 Å². The monoisotopic (exact) mass is 290 g/mol. The molecule has 0 saturated carbocycles. The lowest BCUT2D eigenvalue weighted by atomic mass is 9.99. The van der Waals surface area contributed by atoms with Crippen LogP contribution in [0.5, 0.6) is 5.75 Å². The van der Waals surface area contributed by atoms with Crippen LogP contribution in [0.2, 0.25) is 0 Å². The molecule has 1 aromatic carbocycles. The van der Waals surface area contributed by atoms with Gasteiger partial charge in [0.1, 0.15) is 5.75 Å². The predicted molar refractivity (Wildman–Crippen MR) is 84.5 cm³/mol. The van der Waals surface area contributed by atoms with Gasteiger partial charge in [-0.25, -0.2) is 0 Å². The van der Waals surface area contributed by atoms with Crippen LogP contribution < -0.4 is 4.74 Å². The third kappa shape index (κ3) is 3.97. The van der Waals surface area contributed by atoms with E-state index < -0.39 is 0 Å². The number of ether oxygens (including phenoxy) is 1. The van der Waals surface area contributed by atoms with Gasteiger partial charge < -0.3 is 9.64 Å². The molecule has 1 aliphatic heterocycles. The summed E-state index contributed by atoms with van der Waals surface area (Å²) in [6, 6.07) is 6.55. The lowest BCUT2D eigenvalue weighted by molar-refractivity contribution is -0.132. The van der Waals surface area contributed by atoms with E-state index in [9.17, 15) is 4.79 Å². The first-order valence-electron chi connectivity index (χ1n) is 7.74. The Balaban J connectivity index is 2.01. The summed E-state index contributed by atoms with van der Waals surface area (Å²) in [5.74, 6) is 1.11. The smallest absolute Gasteiger partial charge is 0.236 e. The fourth-order valence-electron chi connectivity index (χ4n) is 2.57. The van der Waals surface area contributed by atoms with E-state index in [1.54, 1.807) is 0 Å². The molecule has 0 saturated heterocycles. The van der Waals surface area contributed by atoms with Gasteiger partial charge in [0.15, 0.2) is 0 Å². The molecule has 0 unspecified atom stereocenters. The van der Waals surface area contributed by atoms with Gasteiger partial charge in [0, 0.05) is 26.2 Å². The van der Waals surface area contributed by atoms with Crippen molar-refractivity contribution in [1.82, 2.24) is 9.80 Å². The zero-order chi connectivity index (χ0) is 15.4. The van der Waals surface area contributed by atoms with Crippen molar-refractivity contribution >= 4 is 5.91 Å². The number of carbonyl (C=O) groups is 1. The van der Waals surface area contributed by atoms with Crippen LogP contribution in [0.4, 0.5) is 0 Å². The first-order chi connectivity index (χ1) is 10.0. The van der Waals surface area contributed by atoms with Crippen LogP contribution in [0.15, 0.2) is 18.2 Å². The maximum atomic E-state index is 12.2. The van der Waals surface area contributed by atoms with Crippen molar-refractivity contribution in [2.45, 2.75) is 39.8 Å². The van der Waals surface area contributed by atoms with Gasteiger partial charge in [0.2, 0.25) is 5.91 Å². The van der Waals surface area contributed by atoms with Gasteiger partial charge in [-0.15, -0.1) is 0 Å². The molecule has 0 aromatic heterocycles. The minimum Gasteiger partial charge on any atom is -0.494 e. The third-order valence-electron chi connectivity index (χ3n) is 4.11. The molecule has 0 atom stereocenters. The van der Waals surface area contributed by atoms with E-state index in [1.807, 2.05) is 38.8 Å². The molecule has 0 bridgehead atoms. The van der Waals surface area contributed by atoms with E-state index in [2.05, 4.69) is 17.0 Å². The molecule has 0 radical (unpaired) electrons. The molecule has 116 valence electrons. The number of fused-ring (bicyclic) bond motifs is 1. The lowest BCUT2D eigenvalue weighted by Gasteiger charge is -2.31. The van der Waals surface area contributed by atoms with Crippen LogP contribution in [-0.4, -0.2) is 48.5 Å². The fourth-order valence-corrected chi connectivity index (χ4v) is 2.57. The van der Waals surface area contributed by atoms with E-state index in [4.69, 9.17) is 4.74 Å². The highest BCUT2D eigenvalue weighted by atomic mass is 16.5. The first-order valence-corrected chi connectivity index (χ1v) is 7.74. The predicted octanol–water partition coefficient (Wildman–Crippen LogP) is 2.31. The van der Waals surface area contributed by atoms with E-state index in [0.717, 1.165) is 25.3 Å². The summed E-state index contributed by atoms with van der Waals surface area (Å²) in [6.07, 6.45) is 1.00. The highest BCUT2D eigenvalue weighted by molar-refractivity contribution is 5.78. The molecule has 1 amide bonds. The van der Waals surface area contributed by atoms with Gasteiger partial charge in [-0.05, 0) is 50.5 Å². The number of hydrogen-bond acceptors (Lipinski definition) is 3. The largest absolute Gasteiger partial charge is 0.494 e. The number of likely N-dealkylation sites (N-methyl/N-ethyl adjacent to an activating group) is 1. The van der Waals surface area contributed by atoms with Crippen molar-refractivity contribution in [3.63, 3.8) is 0 Å². The number of nitrogens with zero attached hydrogens (tertiary/aromatic N) is 2. The maximum absolute atomic E-state index is 12.2. The van der Waals surface area contributed by atoms with Gasteiger partial charge in [-0.2, -0.15) is 0 Å². The molecule has 0 spiro atoms. The van der Waals surface area contributed by atoms with Crippen LogP contribution >= 0.6 is 0 Å². The van der Waals surface area contributed by atoms with Gasteiger partial charge in [-0.1, -0.05) is 6.07 Å². The minimum absolute atomic E-state index is 0.189. The third-order valence-corrected chi connectivity index (χ3v) is 4.11. The summed E-state index contributed by atoms with van der Waals surface area (Å²) in [7, 11) is 1.87. The van der Waals surface area contributed by atoms with Crippen molar-refractivity contribution in [3.05, 3.63) is 29.3 Å². The van der Waals surface area contributed by atoms with Crippen molar-refractivity contribution in [3.8, 4) is 5.75 Å². The Bertz CT molecular complexity index is 500. The molecule has 21 heavy (non-hydrogen) atoms. The SMILES string of the molecule is CCOc1ccc2c(c1)CN(CC(=O)N(C)C(C)C)CC2. The van der Waals surface area contributed by atoms with Crippen LogP contribution in [0.1, 0.15) is 31.9 Å². The van der Waals surface area contributed by atoms with E-state index >= 15 is 0 Å². The molecule has 1 aliphatic rings. The molecule has 1 aromatic rings. The van der Waals surface area contributed by atoms with Crippen LogP contribution in [0, 0.1) is 0 Å². The second-order valence-corrected chi connectivity index (χ2v) is 5.92. The van der Waals surface area contributed by atoms with Crippen LogP contribution in [0.3, 0.4) is 0 Å². The summed E-state index contributed by atoms with van der Waals surface area (Å²) in [5, 5.41) is 0. The molecular weight excluding hydrogens is 264 g/mol. The van der Waals surface area contributed by atoms with Gasteiger partial charge >= 0.3 is 0 Å². The zero-order valence-corrected chi connectivity index (χ0v) is 13.6. The molecular formula is C17H26N2O2. The van der Waals surface area contributed by atoms with E-state index in [1.165, 1.54) is 11.1 Å². The maximum Gasteiger partial charge on any atom is 0.236 e. The van der Waals surface area contributed by atoms with Crippen LogP contribution in [0.25, 0.3) is 0 Å². The number of carbonyl (C=O) groups excluding carboxylic acids is 1. The summed E-state index contributed by atoms with van der Waals surface area (Å²) in [4.78, 5) is 16.2. The highest BCUT2D eigenvalue weighted by Crippen LogP contribution is 2.24. The van der Waals surface area contributed by atoms with Crippen LogP contribution in [-0.2, 0) is 17.8 Å². The average Bonchev–Trinajstić information content (AvgIpc) is 2.46. The number of benzene rings is 1. The Morgan fingerprint density at radius 1 is 1.38 bits per heavy atom. The van der Waals surface area contributed by atoms with Crippen molar-refractivity contribution in [2.24, 2.45) is 0 Å². The molecule has 4 nitrogen and oxygen atoms in total. The standard InChI is InChI=1S/C17H26N2O2/c1-5-21-16-7-6-14-8-9-19(11-15(14)10-16)12-17(20)18(4)13(2)3/h6-7,10,13H,5,8-9,11-12H2,1-4H3. The molecule has 0 fully saturated rings. The second kappa shape index (κ2) is 6.94. The van der Waals surface area contributed by atoms with Gasteiger partial charge in [0.05, 0.1) is 13.2 Å². The zero-order valence-electron chi connectivity index (χ0n) is 13.6. The number of rotatable bonds is 5. The average molecular weight is 290 g/mol. The Morgan fingerprint density at radius 2 is 2.14 bits per heavy atom. The van der Waals surface area contributed by atoms with Gasteiger partial charge in [-0.3, -0.25) is 9.69 Å². The van der Waals surface area contributed by atoms with Crippen molar-refractivity contribution in [2.75, 3.05) is 26.7 Å².